The van der Waals surface area contributed by atoms with Crippen molar-refractivity contribution in [3.63, 3.8) is 0 Å². The van der Waals surface area contributed by atoms with E-state index in [0.717, 1.165) is 15.5 Å². The number of ether oxygens (including phenoxy) is 1. The van der Waals surface area contributed by atoms with Crippen LogP contribution in [-0.4, -0.2) is 44.7 Å². The van der Waals surface area contributed by atoms with Gasteiger partial charge in [-0.3, -0.25) is 0 Å². The standard InChI is InChI=1S/C14H17BrN4O2/c1-14(2,3)21-13(20)18-7-9(8-18)19-12-10(15)5-4-6-11(12)16-17-19/h4-6,9H,7-8H2,1-3H3. The molecule has 1 aliphatic heterocycles. The zero-order chi connectivity index (χ0) is 15.2. The number of aromatic nitrogens is 3. The van der Waals surface area contributed by atoms with Crippen LogP contribution in [0, 0.1) is 0 Å². The lowest BCUT2D eigenvalue weighted by Gasteiger charge is -2.39. The molecular weight excluding hydrogens is 336 g/mol. The molecule has 0 aliphatic carbocycles. The fourth-order valence-corrected chi connectivity index (χ4v) is 2.83. The molecule has 0 atom stereocenters. The Hall–Kier alpha value is -1.63. The van der Waals surface area contributed by atoms with Crippen LogP contribution in [0.5, 0.6) is 0 Å². The van der Waals surface area contributed by atoms with Crippen molar-refractivity contribution in [3.8, 4) is 0 Å². The highest BCUT2D eigenvalue weighted by atomic mass is 79.9. The van der Waals surface area contributed by atoms with Crippen molar-refractivity contribution in [2.75, 3.05) is 13.1 Å². The van der Waals surface area contributed by atoms with Crippen LogP contribution in [-0.2, 0) is 4.74 Å². The zero-order valence-corrected chi connectivity index (χ0v) is 13.8. The Bertz CT molecular complexity index is 686. The van der Waals surface area contributed by atoms with E-state index in [1.165, 1.54) is 0 Å². The van der Waals surface area contributed by atoms with Crippen LogP contribution in [0.4, 0.5) is 4.79 Å². The lowest BCUT2D eigenvalue weighted by atomic mass is 10.1. The van der Waals surface area contributed by atoms with E-state index >= 15 is 0 Å². The van der Waals surface area contributed by atoms with Gasteiger partial charge in [-0.25, -0.2) is 9.48 Å². The molecule has 6 nitrogen and oxygen atoms in total. The third kappa shape index (κ3) is 2.74. The molecule has 0 saturated carbocycles. The molecule has 0 bridgehead atoms. The van der Waals surface area contributed by atoms with Gasteiger partial charge in [0, 0.05) is 17.6 Å². The fourth-order valence-electron chi connectivity index (χ4n) is 2.29. The van der Waals surface area contributed by atoms with Crippen molar-refractivity contribution < 1.29 is 9.53 Å². The molecule has 0 spiro atoms. The largest absolute Gasteiger partial charge is 0.444 e. The van der Waals surface area contributed by atoms with Gasteiger partial charge >= 0.3 is 6.09 Å². The molecule has 21 heavy (non-hydrogen) atoms. The molecule has 1 aromatic heterocycles. The second-order valence-electron chi connectivity index (χ2n) is 6.18. The molecule has 1 saturated heterocycles. The van der Waals surface area contributed by atoms with E-state index in [-0.39, 0.29) is 12.1 Å². The highest BCUT2D eigenvalue weighted by Crippen LogP contribution is 2.29. The smallest absolute Gasteiger partial charge is 0.410 e. The van der Waals surface area contributed by atoms with Gasteiger partial charge in [0.25, 0.3) is 0 Å². The number of carbonyl (C=O) groups excluding carboxylic acids is 1. The van der Waals surface area contributed by atoms with Crippen molar-refractivity contribution in [3.05, 3.63) is 22.7 Å². The highest BCUT2D eigenvalue weighted by Gasteiger charge is 2.36. The Morgan fingerprint density at radius 2 is 2.10 bits per heavy atom. The second kappa shape index (κ2) is 4.98. The minimum atomic E-state index is -0.467. The molecule has 0 N–H and O–H groups in total. The fraction of sp³-hybridized carbons (Fsp3) is 0.500. The van der Waals surface area contributed by atoms with Crippen LogP contribution in [0.1, 0.15) is 26.8 Å². The number of hydrogen-bond acceptors (Lipinski definition) is 4. The number of hydrogen-bond donors (Lipinski definition) is 0. The molecule has 0 radical (unpaired) electrons. The van der Waals surface area contributed by atoms with E-state index in [1.54, 1.807) is 4.90 Å². The van der Waals surface area contributed by atoms with Crippen molar-refractivity contribution in [2.24, 2.45) is 0 Å². The first-order valence-corrected chi connectivity index (χ1v) is 7.62. The van der Waals surface area contributed by atoms with Gasteiger partial charge < -0.3 is 9.64 Å². The first-order valence-electron chi connectivity index (χ1n) is 6.82. The molecule has 1 amide bonds. The minimum Gasteiger partial charge on any atom is -0.444 e. The quantitative estimate of drug-likeness (QED) is 0.791. The Morgan fingerprint density at radius 3 is 2.76 bits per heavy atom. The van der Waals surface area contributed by atoms with Crippen LogP contribution >= 0.6 is 15.9 Å². The van der Waals surface area contributed by atoms with E-state index in [9.17, 15) is 4.79 Å². The first-order chi connectivity index (χ1) is 9.85. The van der Waals surface area contributed by atoms with Crippen LogP contribution in [0.3, 0.4) is 0 Å². The summed E-state index contributed by atoms with van der Waals surface area (Å²) in [5, 5.41) is 8.36. The van der Waals surface area contributed by atoms with E-state index in [0.29, 0.717) is 13.1 Å². The summed E-state index contributed by atoms with van der Waals surface area (Å²) in [5.74, 6) is 0. The summed E-state index contributed by atoms with van der Waals surface area (Å²) in [6, 6.07) is 5.96. The third-order valence-corrected chi connectivity index (χ3v) is 3.94. The van der Waals surface area contributed by atoms with Crippen LogP contribution in [0.2, 0.25) is 0 Å². The lowest BCUT2D eigenvalue weighted by molar-refractivity contribution is -0.0000824. The third-order valence-electron chi connectivity index (χ3n) is 3.30. The molecule has 1 aliphatic rings. The van der Waals surface area contributed by atoms with E-state index in [4.69, 9.17) is 4.74 Å². The number of nitrogens with zero attached hydrogens (tertiary/aromatic N) is 4. The van der Waals surface area contributed by atoms with Gasteiger partial charge in [0.1, 0.15) is 16.6 Å². The predicted molar refractivity (Wildman–Crippen MR) is 82.1 cm³/mol. The maximum Gasteiger partial charge on any atom is 0.410 e. The first kappa shape index (κ1) is 14.3. The predicted octanol–water partition coefficient (Wildman–Crippen LogP) is 2.99. The Morgan fingerprint density at radius 1 is 1.38 bits per heavy atom. The summed E-state index contributed by atoms with van der Waals surface area (Å²) in [7, 11) is 0. The summed E-state index contributed by atoms with van der Waals surface area (Å²) in [5.41, 5.74) is 1.34. The summed E-state index contributed by atoms with van der Waals surface area (Å²) in [6.45, 7) is 6.78. The molecular formula is C14H17BrN4O2. The van der Waals surface area contributed by atoms with Crippen molar-refractivity contribution in [1.29, 1.82) is 0 Å². The molecule has 0 unspecified atom stereocenters. The van der Waals surface area contributed by atoms with Gasteiger partial charge in [-0.15, -0.1) is 5.10 Å². The monoisotopic (exact) mass is 352 g/mol. The average molecular weight is 353 g/mol. The van der Waals surface area contributed by atoms with Gasteiger partial charge in [0.15, 0.2) is 0 Å². The number of fused-ring (bicyclic) bond motifs is 1. The Labute approximate surface area is 131 Å². The van der Waals surface area contributed by atoms with Crippen molar-refractivity contribution in [2.45, 2.75) is 32.4 Å². The topological polar surface area (TPSA) is 60.2 Å². The van der Waals surface area contributed by atoms with Gasteiger partial charge in [-0.1, -0.05) is 11.3 Å². The number of para-hydroxylation sites is 1. The zero-order valence-electron chi connectivity index (χ0n) is 12.2. The molecule has 112 valence electrons. The van der Waals surface area contributed by atoms with Crippen molar-refractivity contribution >= 4 is 33.1 Å². The molecule has 7 heteroatoms. The normalized spacial score (nSPS) is 16.1. The number of carbonyl (C=O) groups is 1. The molecule has 1 aromatic carbocycles. The summed E-state index contributed by atoms with van der Waals surface area (Å²) >= 11 is 3.53. The van der Waals surface area contributed by atoms with Crippen LogP contribution in [0.15, 0.2) is 22.7 Å². The Kier molecular flexibility index (Phi) is 3.39. The van der Waals surface area contributed by atoms with E-state index in [2.05, 4.69) is 26.2 Å². The van der Waals surface area contributed by atoms with E-state index < -0.39 is 5.60 Å². The van der Waals surface area contributed by atoms with Gasteiger partial charge in [0.05, 0.1) is 6.04 Å². The van der Waals surface area contributed by atoms with Gasteiger partial charge in [-0.2, -0.15) is 0 Å². The number of likely N-dealkylation sites (tertiary alicyclic amines) is 1. The molecule has 2 aromatic rings. The number of rotatable bonds is 1. The lowest BCUT2D eigenvalue weighted by Crippen LogP contribution is -2.52. The summed E-state index contributed by atoms with van der Waals surface area (Å²) in [6.07, 6.45) is -0.276. The van der Waals surface area contributed by atoms with Crippen LogP contribution < -0.4 is 0 Å². The van der Waals surface area contributed by atoms with Crippen LogP contribution in [0.25, 0.3) is 11.0 Å². The molecule has 1 fully saturated rings. The van der Waals surface area contributed by atoms with Crippen molar-refractivity contribution in [1.82, 2.24) is 19.9 Å². The summed E-state index contributed by atoms with van der Waals surface area (Å²) < 4.78 is 8.19. The minimum absolute atomic E-state index is 0.140. The SMILES string of the molecule is CC(C)(C)OC(=O)N1CC(n2nnc3cccc(Br)c32)C1. The average Bonchev–Trinajstić information content (AvgIpc) is 2.70. The summed E-state index contributed by atoms with van der Waals surface area (Å²) in [4.78, 5) is 13.6. The number of amides is 1. The highest BCUT2D eigenvalue weighted by molar-refractivity contribution is 9.10. The molecule has 3 rings (SSSR count). The molecule has 2 heterocycles. The second-order valence-corrected chi connectivity index (χ2v) is 7.04. The van der Waals surface area contributed by atoms with Gasteiger partial charge in [0.2, 0.25) is 0 Å². The van der Waals surface area contributed by atoms with Gasteiger partial charge in [-0.05, 0) is 48.8 Å². The maximum absolute atomic E-state index is 11.9. The number of halogens is 1. The number of benzene rings is 1. The Balaban J connectivity index is 1.72. The maximum atomic E-state index is 11.9. The van der Waals surface area contributed by atoms with E-state index in [1.807, 2.05) is 43.7 Å².